The van der Waals surface area contributed by atoms with Crippen molar-refractivity contribution in [3.8, 4) is 0 Å². The van der Waals surface area contributed by atoms with Crippen molar-refractivity contribution in [2.75, 3.05) is 4.90 Å². The molecule has 1 fully saturated rings. The van der Waals surface area contributed by atoms with Crippen molar-refractivity contribution in [2.24, 2.45) is 0 Å². The number of anilines is 1. The molecule has 7 nitrogen and oxygen atoms in total. The predicted molar refractivity (Wildman–Crippen MR) is 111 cm³/mol. The molecule has 1 aliphatic heterocycles. The third-order valence-electron chi connectivity index (χ3n) is 4.95. The number of nitro groups is 1. The molecule has 0 aromatic heterocycles. The van der Waals surface area contributed by atoms with Crippen LogP contribution in [0.4, 0.5) is 11.4 Å². The number of nitro benzene ring substituents is 1. The molecule has 3 aromatic carbocycles. The van der Waals surface area contributed by atoms with Crippen molar-refractivity contribution in [3.63, 3.8) is 0 Å². The molecule has 0 bridgehead atoms. The van der Waals surface area contributed by atoms with Crippen LogP contribution in [0.25, 0.3) is 5.76 Å². The fourth-order valence-electron chi connectivity index (χ4n) is 3.53. The van der Waals surface area contributed by atoms with Gasteiger partial charge in [0.05, 0.1) is 16.5 Å². The highest BCUT2D eigenvalue weighted by molar-refractivity contribution is 6.51. The second-order valence-corrected chi connectivity index (χ2v) is 6.72. The van der Waals surface area contributed by atoms with Gasteiger partial charge in [-0.15, -0.1) is 0 Å². The Morgan fingerprint density at radius 3 is 2.00 bits per heavy atom. The number of carbonyl (C=O) groups excluding carboxylic acids is 2. The molecular formula is C23H16N2O5. The SMILES string of the molecule is O=C1C(=O)N(c2ccccc2)[C@H](c2ccccc2)/C1=C(\O)c1ccc([N+](=O)[O-])cc1. The van der Waals surface area contributed by atoms with E-state index in [2.05, 4.69) is 0 Å². The van der Waals surface area contributed by atoms with Gasteiger partial charge >= 0.3 is 0 Å². The Kier molecular flexibility index (Phi) is 4.85. The first-order valence-electron chi connectivity index (χ1n) is 9.15. The summed E-state index contributed by atoms with van der Waals surface area (Å²) >= 11 is 0. The third-order valence-corrected chi connectivity index (χ3v) is 4.95. The predicted octanol–water partition coefficient (Wildman–Crippen LogP) is 4.22. The van der Waals surface area contributed by atoms with Gasteiger partial charge in [-0.3, -0.25) is 24.6 Å². The zero-order chi connectivity index (χ0) is 21.3. The average Bonchev–Trinajstić information content (AvgIpc) is 3.05. The number of para-hydroxylation sites is 1. The Balaban J connectivity index is 1.90. The van der Waals surface area contributed by atoms with Crippen LogP contribution in [-0.2, 0) is 9.59 Å². The lowest BCUT2D eigenvalue weighted by Gasteiger charge is -2.25. The Labute approximate surface area is 171 Å². The number of amides is 1. The highest BCUT2D eigenvalue weighted by atomic mass is 16.6. The summed E-state index contributed by atoms with van der Waals surface area (Å²) < 4.78 is 0. The molecular weight excluding hydrogens is 384 g/mol. The maximum Gasteiger partial charge on any atom is 0.300 e. The number of carbonyl (C=O) groups is 2. The molecule has 1 atom stereocenters. The lowest BCUT2D eigenvalue weighted by molar-refractivity contribution is -0.384. The summed E-state index contributed by atoms with van der Waals surface area (Å²) in [5, 5.41) is 21.8. The number of aliphatic hydroxyl groups is 1. The van der Waals surface area contributed by atoms with Crippen LogP contribution in [0.1, 0.15) is 17.2 Å². The van der Waals surface area contributed by atoms with Gasteiger partial charge in [-0.05, 0) is 29.8 Å². The number of aliphatic hydroxyl groups excluding tert-OH is 1. The number of rotatable bonds is 4. The van der Waals surface area contributed by atoms with Crippen molar-refractivity contribution < 1.29 is 19.6 Å². The number of non-ortho nitro benzene ring substituents is 1. The molecule has 0 unspecified atom stereocenters. The summed E-state index contributed by atoms with van der Waals surface area (Å²) in [5.74, 6) is -1.95. The normalized spacial score (nSPS) is 17.9. The van der Waals surface area contributed by atoms with Crippen molar-refractivity contribution in [1.29, 1.82) is 0 Å². The van der Waals surface area contributed by atoms with E-state index in [9.17, 15) is 24.8 Å². The minimum absolute atomic E-state index is 0.0658. The summed E-state index contributed by atoms with van der Waals surface area (Å²) in [6.07, 6.45) is 0. The minimum atomic E-state index is -0.830. The molecule has 148 valence electrons. The first kappa shape index (κ1) is 19.1. The van der Waals surface area contributed by atoms with Crippen LogP contribution in [0.2, 0.25) is 0 Å². The lowest BCUT2D eigenvalue weighted by Crippen LogP contribution is -2.29. The molecule has 1 N–H and O–H groups in total. The minimum Gasteiger partial charge on any atom is -0.507 e. The molecule has 1 amide bonds. The van der Waals surface area contributed by atoms with Crippen molar-refractivity contribution in [2.45, 2.75) is 6.04 Å². The molecule has 1 saturated heterocycles. The fourth-order valence-corrected chi connectivity index (χ4v) is 3.53. The number of nitrogens with zero attached hydrogens (tertiary/aromatic N) is 2. The van der Waals surface area contributed by atoms with Crippen LogP contribution < -0.4 is 4.90 Å². The summed E-state index contributed by atoms with van der Waals surface area (Å²) in [5.41, 5.74) is 1.19. The highest BCUT2D eigenvalue weighted by Crippen LogP contribution is 2.42. The lowest BCUT2D eigenvalue weighted by atomic mass is 9.95. The maximum atomic E-state index is 12.9. The molecule has 1 aliphatic rings. The van der Waals surface area contributed by atoms with Crippen LogP contribution >= 0.6 is 0 Å². The second kappa shape index (κ2) is 7.63. The first-order valence-corrected chi connectivity index (χ1v) is 9.15. The molecule has 4 rings (SSSR count). The number of Topliss-reactive ketones (excluding diaryl/α,β-unsaturated/α-hetero) is 1. The summed E-state index contributed by atoms with van der Waals surface area (Å²) in [6.45, 7) is 0. The monoisotopic (exact) mass is 400 g/mol. The molecule has 1 heterocycles. The highest BCUT2D eigenvalue weighted by Gasteiger charge is 2.46. The quantitative estimate of drug-likeness (QED) is 0.232. The summed E-state index contributed by atoms with van der Waals surface area (Å²) in [4.78, 5) is 37.6. The molecule has 0 radical (unpaired) electrons. The van der Waals surface area contributed by atoms with E-state index in [1.165, 1.54) is 29.2 Å². The van der Waals surface area contributed by atoms with Gasteiger partial charge in [-0.2, -0.15) is 0 Å². The van der Waals surface area contributed by atoms with E-state index >= 15 is 0 Å². The number of benzene rings is 3. The molecule has 0 spiro atoms. The Bertz CT molecular complexity index is 1160. The van der Waals surface area contributed by atoms with Crippen LogP contribution in [0.3, 0.4) is 0 Å². The average molecular weight is 400 g/mol. The standard InChI is InChI=1S/C23H16N2O5/c26-21(16-11-13-18(14-12-16)25(29)30)19-20(15-7-3-1-4-8-15)24(23(28)22(19)27)17-9-5-2-6-10-17/h1-14,20,26H/b21-19+/t20-/m1/s1. The van der Waals surface area contributed by atoms with Gasteiger partial charge in [0, 0.05) is 23.4 Å². The van der Waals surface area contributed by atoms with Crippen molar-refractivity contribution >= 4 is 28.8 Å². The van der Waals surface area contributed by atoms with Gasteiger partial charge < -0.3 is 5.11 Å². The van der Waals surface area contributed by atoms with Crippen LogP contribution in [0.15, 0.2) is 90.5 Å². The van der Waals surface area contributed by atoms with E-state index in [0.29, 0.717) is 11.3 Å². The van der Waals surface area contributed by atoms with Gasteiger partial charge in [0.25, 0.3) is 17.4 Å². The number of ketones is 1. The van der Waals surface area contributed by atoms with Gasteiger partial charge in [0.1, 0.15) is 5.76 Å². The van der Waals surface area contributed by atoms with Crippen LogP contribution in [0, 0.1) is 10.1 Å². The summed E-state index contributed by atoms with van der Waals surface area (Å²) in [7, 11) is 0. The second-order valence-electron chi connectivity index (χ2n) is 6.72. The molecule has 7 heteroatoms. The maximum absolute atomic E-state index is 12.9. The van der Waals surface area contributed by atoms with E-state index in [4.69, 9.17) is 0 Å². The largest absolute Gasteiger partial charge is 0.507 e. The van der Waals surface area contributed by atoms with E-state index in [-0.39, 0.29) is 22.6 Å². The molecule has 3 aromatic rings. The molecule has 30 heavy (non-hydrogen) atoms. The molecule has 0 aliphatic carbocycles. The number of hydrogen-bond donors (Lipinski definition) is 1. The zero-order valence-corrected chi connectivity index (χ0v) is 15.6. The zero-order valence-electron chi connectivity index (χ0n) is 15.6. The van der Waals surface area contributed by atoms with Crippen LogP contribution in [0.5, 0.6) is 0 Å². The van der Waals surface area contributed by atoms with E-state index < -0.39 is 22.7 Å². The Morgan fingerprint density at radius 1 is 0.867 bits per heavy atom. The summed E-state index contributed by atoms with van der Waals surface area (Å²) in [6, 6.07) is 22.0. The van der Waals surface area contributed by atoms with Crippen molar-refractivity contribution in [3.05, 3.63) is 112 Å². The van der Waals surface area contributed by atoms with Gasteiger partial charge in [-0.25, -0.2) is 0 Å². The topological polar surface area (TPSA) is 101 Å². The van der Waals surface area contributed by atoms with Gasteiger partial charge in [-0.1, -0.05) is 48.5 Å². The van der Waals surface area contributed by atoms with E-state index in [1.54, 1.807) is 54.6 Å². The first-order chi connectivity index (χ1) is 14.5. The fraction of sp³-hybridized carbons (Fsp3) is 0.0435. The van der Waals surface area contributed by atoms with Gasteiger partial charge in [0.2, 0.25) is 0 Å². The number of hydrogen-bond acceptors (Lipinski definition) is 5. The third kappa shape index (κ3) is 3.22. The molecule has 0 saturated carbocycles. The Hall–Kier alpha value is -4.26. The van der Waals surface area contributed by atoms with Gasteiger partial charge in [0.15, 0.2) is 0 Å². The van der Waals surface area contributed by atoms with E-state index in [1.807, 2.05) is 6.07 Å². The smallest absolute Gasteiger partial charge is 0.300 e. The Morgan fingerprint density at radius 2 is 1.43 bits per heavy atom. The van der Waals surface area contributed by atoms with E-state index in [0.717, 1.165) is 0 Å². The van der Waals surface area contributed by atoms with Crippen molar-refractivity contribution in [1.82, 2.24) is 0 Å². The van der Waals surface area contributed by atoms with Crippen LogP contribution in [-0.4, -0.2) is 21.7 Å².